The third-order valence-corrected chi connectivity index (χ3v) is 5.43. The van der Waals surface area contributed by atoms with Crippen LogP contribution in [0.3, 0.4) is 0 Å². The van der Waals surface area contributed by atoms with Crippen molar-refractivity contribution in [3.63, 3.8) is 0 Å². The second-order valence-electron chi connectivity index (χ2n) is 7.54. The number of para-hydroxylation sites is 1. The number of fused-ring (bicyclic) bond motifs is 1. The predicted molar refractivity (Wildman–Crippen MR) is 115 cm³/mol. The van der Waals surface area contributed by atoms with Crippen molar-refractivity contribution in [2.75, 3.05) is 11.9 Å². The molecule has 2 aromatic carbocycles. The van der Waals surface area contributed by atoms with Crippen LogP contribution < -0.4 is 5.32 Å². The van der Waals surface area contributed by atoms with E-state index >= 15 is 0 Å². The number of aryl methyl sites for hydroxylation is 1. The molecule has 1 N–H and O–H groups in total. The molecular weight excluding hydrogens is 392 g/mol. The van der Waals surface area contributed by atoms with Crippen molar-refractivity contribution < 1.29 is 9.32 Å². The Morgan fingerprint density at radius 2 is 1.84 bits per heavy atom. The SMILES string of the molecule is Cn1nc(-c2nc(Cc3ccccc3)no2)c2c1CCN(C(=O)Nc1ccccc1)C2. The van der Waals surface area contributed by atoms with Gasteiger partial charge in [-0.2, -0.15) is 10.1 Å². The summed E-state index contributed by atoms with van der Waals surface area (Å²) in [5.41, 5.74) is 4.56. The molecule has 4 aromatic rings. The number of benzene rings is 2. The van der Waals surface area contributed by atoms with Crippen molar-refractivity contribution in [1.29, 1.82) is 0 Å². The van der Waals surface area contributed by atoms with Gasteiger partial charge in [-0.3, -0.25) is 4.68 Å². The van der Waals surface area contributed by atoms with Gasteiger partial charge in [-0.1, -0.05) is 53.7 Å². The molecule has 8 heteroatoms. The number of rotatable bonds is 4. The van der Waals surface area contributed by atoms with Gasteiger partial charge in [0.2, 0.25) is 0 Å². The molecule has 2 amide bonds. The molecule has 3 heterocycles. The first-order chi connectivity index (χ1) is 15.2. The minimum atomic E-state index is -0.137. The molecule has 31 heavy (non-hydrogen) atoms. The molecule has 1 aliphatic heterocycles. The topological polar surface area (TPSA) is 89.1 Å². The summed E-state index contributed by atoms with van der Waals surface area (Å²) in [6.45, 7) is 1.06. The summed E-state index contributed by atoms with van der Waals surface area (Å²) < 4.78 is 7.38. The summed E-state index contributed by atoms with van der Waals surface area (Å²) >= 11 is 0. The lowest BCUT2D eigenvalue weighted by Crippen LogP contribution is -2.39. The first kappa shape index (κ1) is 19.0. The summed E-state index contributed by atoms with van der Waals surface area (Å²) in [6.07, 6.45) is 1.30. The van der Waals surface area contributed by atoms with Crippen molar-refractivity contribution in [2.45, 2.75) is 19.4 Å². The van der Waals surface area contributed by atoms with Crippen LogP contribution >= 0.6 is 0 Å². The van der Waals surface area contributed by atoms with Crippen molar-refractivity contribution in [3.05, 3.63) is 83.3 Å². The summed E-state index contributed by atoms with van der Waals surface area (Å²) in [5, 5.41) is 11.7. The lowest BCUT2D eigenvalue weighted by Gasteiger charge is -2.27. The zero-order chi connectivity index (χ0) is 21.2. The molecule has 0 saturated carbocycles. The van der Waals surface area contributed by atoms with Gasteiger partial charge in [-0.05, 0) is 17.7 Å². The first-order valence-corrected chi connectivity index (χ1v) is 10.2. The maximum atomic E-state index is 12.8. The van der Waals surface area contributed by atoms with Crippen molar-refractivity contribution in [2.24, 2.45) is 7.05 Å². The largest absolute Gasteiger partial charge is 0.332 e. The highest BCUT2D eigenvalue weighted by atomic mass is 16.5. The number of aromatic nitrogens is 4. The second-order valence-corrected chi connectivity index (χ2v) is 7.54. The van der Waals surface area contributed by atoms with Crippen LogP contribution in [0.4, 0.5) is 10.5 Å². The van der Waals surface area contributed by atoms with E-state index in [1.165, 1.54) is 0 Å². The molecule has 0 bridgehead atoms. The van der Waals surface area contributed by atoms with E-state index in [4.69, 9.17) is 4.52 Å². The van der Waals surface area contributed by atoms with Gasteiger partial charge < -0.3 is 14.7 Å². The quantitative estimate of drug-likeness (QED) is 0.551. The van der Waals surface area contributed by atoms with Crippen LogP contribution in [0.1, 0.15) is 22.6 Å². The Morgan fingerprint density at radius 3 is 2.61 bits per heavy atom. The van der Waals surface area contributed by atoms with E-state index in [1.54, 1.807) is 4.90 Å². The smallest absolute Gasteiger partial charge is 0.322 e. The van der Waals surface area contributed by atoms with Crippen LogP contribution in [0.5, 0.6) is 0 Å². The lowest BCUT2D eigenvalue weighted by molar-refractivity contribution is 0.206. The van der Waals surface area contributed by atoms with Crippen LogP contribution in [0.2, 0.25) is 0 Å². The molecule has 0 spiro atoms. The van der Waals surface area contributed by atoms with Gasteiger partial charge in [-0.15, -0.1) is 0 Å². The Balaban J connectivity index is 1.36. The Kier molecular flexibility index (Phi) is 4.95. The third kappa shape index (κ3) is 3.92. The highest BCUT2D eigenvalue weighted by Gasteiger charge is 2.29. The maximum absolute atomic E-state index is 12.8. The molecule has 8 nitrogen and oxygen atoms in total. The fourth-order valence-corrected chi connectivity index (χ4v) is 3.86. The van der Waals surface area contributed by atoms with E-state index in [0.717, 1.165) is 22.5 Å². The average Bonchev–Trinajstić information content (AvgIpc) is 3.39. The Hall–Kier alpha value is -3.94. The van der Waals surface area contributed by atoms with E-state index < -0.39 is 0 Å². The average molecular weight is 414 g/mol. The normalized spacial score (nSPS) is 13.1. The number of anilines is 1. The van der Waals surface area contributed by atoms with Gasteiger partial charge >= 0.3 is 6.03 Å². The maximum Gasteiger partial charge on any atom is 0.322 e. The van der Waals surface area contributed by atoms with E-state index in [-0.39, 0.29) is 6.03 Å². The van der Waals surface area contributed by atoms with Crippen LogP contribution in [-0.4, -0.2) is 37.4 Å². The lowest BCUT2D eigenvalue weighted by atomic mass is 10.1. The molecule has 0 saturated heterocycles. The van der Waals surface area contributed by atoms with Crippen LogP contribution in [-0.2, 0) is 26.4 Å². The van der Waals surface area contributed by atoms with Gasteiger partial charge in [0.05, 0.1) is 6.54 Å². The molecule has 0 aliphatic carbocycles. The Bertz CT molecular complexity index is 1200. The number of nitrogens with zero attached hydrogens (tertiary/aromatic N) is 5. The molecule has 0 unspecified atom stereocenters. The third-order valence-electron chi connectivity index (χ3n) is 5.43. The molecule has 5 rings (SSSR count). The highest BCUT2D eigenvalue weighted by Crippen LogP contribution is 2.29. The first-order valence-electron chi connectivity index (χ1n) is 10.2. The second kappa shape index (κ2) is 8.06. The Labute approximate surface area is 179 Å². The van der Waals surface area contributed by atoms with E-state index in [1.807, 2.05) is 72.4 Å². The minimum Gasteiger partial charge on any atom is -0.332 e. The number of carbonyl (C=O) groups is 1. The minimum absolute atomic E-state index is 0.137. The monoisotopic (exact) mass is 414 g/mol. The van der Waals surface area contributed by atoms with Crippen molar-refractivity contribution >= 4 is 11.7 Å². The molecule has 0 fully saturated rings. The zero-order valence-corrected chi connectivity index (χ0v) is 17.2. The number of hydrogen-bond acceptors (Lipinski definition) is 5. The highest BCUT2D eigenvalue weighted by molar-refractivity contribution is 5.89. The number of nitrogens with one attached hydrogen (secondary N) is 1. The van der Waals surface area contributed by atoms with Crippen LogP contribution in [0, 0.1) is 0 Å². The van der Waals surface area contributed by atoms with E-state index in [2.05, 4.69) is 20.6 Å². The van der Waals surface area contributed by atoms with Crippen LogP contribution in [0.15, 0.2) is 65.2 Å². The van der Waals surface area contributed by atoms with Crippen LogP contribution in [0.25, 0.3) is 11.6 Å². The summed E-state index contributed by atoms with van der Waals surface area (Å²) in [5.74, 6) is 0.989. The van der Waals surface area contributed by atoms with Crippen molar-refractivity contribution in [3.8, 4) is 11.6 Å². The Morgan fingerprint density at radius 1 is 1.10 bits per heavy atom. The summed E-state index contributed by atoms with van der Waals surface area (Å²) in [6, 6.07) is 19.3. The zero-order valence-electron chi connectivity index (χ0n) is 17.2. The molecule has 156 valence electrons. The fourth-order valence-electron chi connectivity index (χ4n) is 3.86. The predicted octanol–water partition coefficient (Wildman–Crippen LogP) is 3.65. The number of hydrogen-bond donors (Lipinski definition) is 1. The number of amides is 2. The van der Waals surface area contributed by atoms with Gasteiger partial charge in [0, 0.05) is 43.4 Å². The van der Waals surface area contributed by atoms with Crippen molar-refractivity contribution in [1.82, 2.24) is 24.8 Å². The van der Waals surface area contributed by atoms with E-state index in [9.17, 15) is 4.79 Å². The van der Waals surface area contributed by atoms with Gasteiger partial charge in [0.25, 0.3) is 5.89 Å². The molecule has 2 aromatic heterocycles. The molecule has 0 atom stereocenters. The molecular formula is C23H22N6O2. The standard InChI is InChI=1S/C23H22N6O2/c1-28-19-12-13-29(23(30)24-17-10-6-3-7-11-17)15-18(19)21(26-28)22-25-20(27-31-22)14-16-8-4-2-5-9-16/h2-11H,12-15H2,1H3,(H,24,30). The summed E-state index contributed by atoms with van der Waals surface area (Å²) in [7, 11) is 1.91. The number of urea groups is 1. The fraction of sp³-hybridized carbons (Fsp3) is 0.217. The molecule has 0 radical (unpaired) electrons. The summed E-state index contributed by atoms with van der Waals surface area (Å²) in [4.78, 5) is 19.1. The number of carbonyl (C=O) groups excluding carboxylic acids is 1. The van der Waals surface area contributed by atoms with Gasteiger partial charge in [-0.25, -0.2) is 4.79 Å². The van der Waals surface area contributed by atoms with Gasteiger partial charge in [0.1, 0.15) is 0 Å². The van der Waals surface area contributed by atoms with E-state index in [0.29, 0.717) is 43.3 Å². The van der Waals surface area contributed by atoms with Gasteiger partial charge in [0.15, 0.2) is 11.5 Å². The molecule has 1 aliphatic rings.